The Morgan fingerprint density at radius 3 is 2.33 bits per heavy atom. The van der Waals surface area contributed by atoms with Crippen molar-refractivity contribution in [2.24, 2.45) is 5.92 Å². The summed E-state index contributed by atoms with van der Waals surface area (Å²) in [6.45, 7) is 2.42. The van der Waals surface area contributed by atoms with Crippen molar-refractivity contribution in [2.45, 2.75) is 24.7 Å². The molecule has 1 fully saturated rings. The van der Waals surface area contributed by atoms with Crippen molar-refractivity contribution in [3.8, 4) is 0 Å². The zero-order valence-corrected chi connectivity index (χ0v) is 13.5. The summed E-state index contributed by atoms with van der Waals surface area (Å²) >= 11 is 5.82. The normalized spacial score (nSPS) is 17.6. The Morgan fingerprint density at radius 1 is 1.29 bits per heavy atom. The summed E-state index contributed by atoms with van der Waals surface area (Å²) in [5.41, 5.74) is 0.585. The fraction of sp³-hybridized carbons (Fsp3) is 0.500. The highest BCUT2D eigenvalue weighted by Gasteiger charge is 2.28. The van der Waals surface area contributed by atoms with E-state index < -0.39 is 10.0 Å². The number of sulfonamides is 1. The van der Waals surface area contributed by atoms with Crippen molar-refractivity contribution < 1.29 is 13.2 Å². The molecule has 1 aromatic carbocycles. The lowest BCUT2D eigenvalue weighted by Crippen LogP contribution is -2.38. The Labute approximate surface area is 130 Å². The average Bonchev–Trinajstić information content (AvgIpc) is 2.47. The van der Waals surface area contributed by atoms with E-state index in [1.54, 1.807) is 12.1 Å². The van der Waals surface area contributed by atoms with Gasteiger partial charge in [-0.1, -0.05) is 0 Å². The van der Waals surface area contributed by atoms with E-state index in [1.807, 2.05) is 0 Å². The van der Waals surface area contributed by atoms with Gasteiger partial charge < -0.3 is 5.32 Å². The molecular weight excluding hydrogens is 312 g/mol. The summed E-state index contributed by atoms with van der Waals surface area (Å²) in [6, 6.07) is 6.24. The van der Waals surface area contributed by atoms with Crippen LogP contribution in [-0.4, -0.2) is 37.6 Å². The number of piperidine rings is 1. The molecule has 1 heterocycles. The number of benzene rings is 1. The lowest BCUT2D eigenvalue weighted by Gasteiger charge is -2.30. The first kappa shape index (κ1) is 16.3. The molecule has 1 N–H and O–H groups in total. The standard InChI is InChI=1S/C14H19ClN2O3S/c1-11(18)16-13-2-4-14(5-3-13)21(19,20)17-8-6-12(10-15)7-9-17/h2-5,12H,6-10H2,1H3,(H,16,18). The number of hydrogen-bond acceptors (Lipinski definition) is 3. The van der Waals surface area contributed by atoms with Crippen LogP contribution in [0.15, 0.2) is 29.2 Å². The molecule has 0 unspecified atom stereocenters. The fourth-order valence-corrected chi connectivity index (χ4v) is 4.14. The Bertz CT molecular complexity index is 593. The molecule has 7 heteroatoms. The van der Waals surface area contributed by atoms with Crippen LogP contribution in [0.5, 0.6) is 0 Å². The van der Waals surface area contributed by atoms with Crippen LogP contribution in [0.1, 0.15) is 19.8 Å². The lowest BCUT2D eigenvalue weighted by atomic mass is 10.0. The van der Waals surface area contributed by atoms with E-state index in [2.05, 4.69) is 5.32 Å². The second-order valence-corrected chi connectivity index (χ2v) is 7.45. The summed E-state index contributed by atoms with van der Waals surface area (Å²) in [7, 11) is -3.46. The molecule has 0 radical (unpaired) electrons. The Kier molecular flexibility index (Phi) is 5.24. The van der Waals surface area contributed by atoms with E-state index in [4.69, 9.17) is 11.6 Å². The number of carbonyl (C=O) groups is 1. The van der Waals surface area contributed by atoms with Gasteiger partial charge in [0.25, 0.3) is 0 Å². The van der Waals surface area contributed by atoms with Gasteiger partial charge in [0.1, 0.15) is 0 Å². The molecule has 1 aromatic rings. The van der Waals surface area contributed by atoms with Gasteiger partial charge in [0.05, 0.1) is 4.90 Å². The minimum absolute atomic E-state index is 0.186. The largest absolute Gasteiger partial charge is 0.326 e. The Balaban J connectivity index is 2.11. The van der Waals surface area contributed by atoms with Gasteiger partial charge in [-0.05, 0) is 43.0 Å². The molecule has 5 nitrogen and oxygen atoms in total. The van der Waals surface area contributed by atoms with E-state index in [0.717, 1.165) is 12.8 Å². The van der Waals surface area contributed by atoms with Gasteiger partial charge in [-0.3, -0.25) is 4.79 Å². The third kappa shape index (κ3) is 3.96. The molecule has 0 aromatic heterocycles. The molecule has 21 heavy (non-hydrogen) atoms. The van der Waals surface area contributed by atoms with Gasteiger partial charge in [0.15, 0.2) is 0 Å². The third-order valence-corrected chi connectivity index (χ3v) is 5.95. The van der Waals surface area contributed by atoms with Crippen molar-refractivity contribution in [1.29, 1.82) is 0 Å². The fourth-order valence-electron chi connectivity index (χ4n) is 2.37. The first-order valence-corrected chi connectivity index (χ1v) is 8.84. The summed E-state index contributed by atoms with van der Waals surface area (Å²) in [4.78, 5) is 11.2. The van der Waals surface area contributed by atoms with Crippen LogP contribution in [0.25, 0.3) is 0 Å². The molecule has 0 spiro atoms. The second kappa shape index (κ2) is 6.77. The molecule has 1 amide bonds. The van der Waals surface area contributed by atoms with Crippen molar-refractivity contribution >= 4 is 33.2 Å². The molecule has 0 aliphatic carbocycles. The minimum Gasteiger partial charge on any atom is -0.326 e. The van der Waals surface area contributed by atoms with E-state index >= 15 is 0 Å². The Hall–Kier alpha value is -1.11. The minimum atomic E-state index is -3.46. The first-order chi connectivity index (χ1) is 9.93. The lowest BCUT2D eigenvalue weighted by molar-refractivity contribution is -0.114. The van der Waals surface area contributed by atoms with E-state index in [1.165, 1.54) is 23.4 Å². The maximum Gasteiger partial charge on any atom is 0.243 e. The number of anilines is 1. The third-order valence-electron chi connectivity index (χ3n) is 3.60. The molecule has 1 aliphatic rings. The highest BCUT2D eigenvalue weighted by Crippen LogP contribution is 2.25. The smallest absolute Gasteiger partial charge is 0.243 e. The molecule has 1 saturated heterocycles. The number of halogens is 1. The highest BCUT2D eigenvalue weighted by atomic mass is 35.5. The predicted octanol–water partition coefficient (Wildman–Crippen LogP) is 2.28. The molecule has 116 valence electrons. The van der Waals surface area contributed by atoms with Gasteiger partial charge in [-0.15, -0.1) is 11.6 Å². The van der Waals surface area contributed by atoms with Crippen molar-refractivity contribution in [3.63, 3.8) is 0 Å². The zero-order valence-electron chi connectivity index (χ0n) is 11.9. The highest BCUT2D eigenvalue weighted by molar-refractivity contribution is 7.89. The van der Waals surface area contributed by atoms with Crippen molar-refractivity contribution in [3.05, 3.63) is 24.3 Å². The van der Waals surface area contributed by atoms with Crippen LogP contribution >= 0.6 is 11.6 Å². The average molecular weight is 331 g/mol. The Morgan fingerprint density at radius 2 is 1.86 bits per heavy atom. The number of carbonyl (C=O) groups excluding carboxylic acids is 1. The van der Waals surface area contributed by atoms with E-state index in [-0.39, 0.29) is 10.8 Å². The molecule has 0 saturated carbocycles. The number of alkyl halides is 1. The number of nitrogens with zero attached hydrogens (tertiary/aromatic N) is 1. The summed E-state index contributed by atoms with van der Waals surface area (Å²) < 4.78 is 26.5. The molecule has 1 aliphatic heterocycles. The SMILES string of the molecule is CC(=O)Nc1ccc(S(=O)(=O)N2CCC(CCl)CC2)cc1. The number of nitrogens with one attached hydrogen (secondary N) is 1. The quantitative estimate of drug-likeness (QED) is 0.861. The number of hydrogen-bond donors (Lipinski definition) is 1. The van der Waals surface area contributed by atoms with Crippen LogP contribution in [0.4, 0.5) is 5.69 Å². The predicted molar refractivity (Wildman–Crippen MR) is 82.9 cm³/mol. The van der Waals surface area contributed by atoms with Crippen LogP contribution in [0, 0.1) is 5.92 Å². The first-order valence-electron chi connectivity index (χ1n) is 6.87. The van der Waals surface area contributed by atoms with Gasteiger partial charge >= 0.3 is 0 Å². The monoisotopic (exact) mass is 330 g/mol. The van der Waals surface area contributed by atoms with Crippen LogP contribution in [0.3, 0.4) is 0 Å². The molecule has 0 bridgehead atoms. The summed E-state index contributed by atoms with van der Waals surface area (Å²) in [5.74, 6) is 0.799. The number of amides is 1. The van der Waals surface area contributed by atoms with Gasteiger partial charge in [-0.2, -0.15) is 4.31 Å². The summed E-state index contributed by atoms with van der Waals surface area (Å²) in [6.07, 6.45) is 1.60. The van der Waals surface area contributed by atoms with Crippen LogP contribution in [-0.2, 0) is 14.8 Å². The van der Waals surface area contributed by atoms with Crippen molar-refractivity contribution in [1.82, 2.24) is 4.31 Å². The van der Waals surface area contributed by atoms with Crippen molar-refractivity contribution in [2.75, 3.05) is 24.3 Å². The molecule has 2 rings (SSSR count). The van der Waals surface area contributed by atoms with E-state index in [0.29, 0.717) is 30.6 Å². The van der Waals surface area contributed by atoms with E-state index in [9.17, 15) is 13.2 Å². The maximum absolute atomic E-state index is 12.5. The second-order valence-electron chi connectivity index (χ2n) is 5.21. The van der Waals surface area contributed by atoms with Crippen LogP contribution < -0.4 is 5.32 Å². The maximum atomic E-state index is 12.5. The zero-order chi connectivity index (χ0) is 15.5. The topological polar surface area (TPSA) is 66.5 Å². The molecular formula is C14H19ClN2O3S. The molecule has 0 atom stereocenters. The van der Waals surface area contributed by atoms with Gasteiger partial charge in [-0.25, -0.2) is 8.42 Å². The summed E-state index contributed by atoms with van der Waals surface area (Å²) in [5, 5.41) is 2.61. The van der Waals surface area contributed by atoms with Gasteiger partial charge in [0, 0.05) is 31.6 Å². The van der Waals surface area contributed by atoms with Crippen LogP contribution in [0.2, 0.25) is 0 Å². The number of rotatable bonds is 4. The van der Waals surface area contributed by atoms with Gasteiger partial charge in [0.2, 0.25) is 15.9 Å².